The van der Waals surface area contributed by atoms with E-state index in [0.717, 1.165) is 5.56 Å². The second-order valence-electron chi connectivity index (χ2n) is 5.81. The zero-order chi connectivity index (χ0) is 17.3. The minimum atomic E-state index is -0.902. The smallest absolute Gasteiger partial charge is 0.266 e. The highest BCUT2D eigenvalue weighted by molar-refractivity contribution is 6.02. The molecule has 1 heterocycles. The predicted molar refractivity (Wildman–Crippen MR) is 88.6 cm³/mol. The van der Waals surface area contributed by atoms with Crippen molar-refractivity contribution in [3.05, 3.63) is 53.3 Å². The SMILES string of the molecule is Cc1ccc2c(c1)NC(=O)C(CC(=O)Nc1ccc(F)cc1C)O2. The van der Waals surface area contributed by atoms with E-state index in [1.54, 1.807) is 13.0 Å². The van der Waals surface area contributed by atoms with Gasteiger partial charge in [-0.3, -0.25) is 9.59 Å². The fourth-order valence-electron chi connectivity index (χ4n) is 2.54. The van der Waals surface area contributed by atoms with Crippen molar-refractivity contribution in [1.29, 1.82) is 0 Å². The van der Waals surface area contributed by atoms with Crippen LogP contribution in [0.1, 0.15) is 17.5 Å². The maximum Gasteiger partial charge on any atom is 0.266 e. The van der Waals surface area contributed by atoms with E-state index in [1.807, 2.05) is 19.1 Å². The second kappa shape index (κ2) is 6.31. The lowest BCUT2D eigenvalue weighted by molar-refractivity contribution is -0.128. The molecule has 0 aliphatic carbocycles. The summed E-state index contributed by atoms with van der Waals surface area (Å²) in [5, 5.41) is 5.42. The number of carbonyl (C=O) groups is 2. The van der Waals surface area contributed by atoms with E-state index < -0.39 is 6.10 Å². The topological polar surface area (TPSA) is 67.4 Å². The number of halogens is 1. The first-order valence-electron chi connectivity index (χ1n) is 7.56. The molecule has 0 spiro atoms. The van der Waals surface area contributed by atoms with Crippen molar-refractivity contribution < 1.29 is 18.7 Å². The van der Waals surface area contributed by atoms with E-state index in [1.165, 1.54) is 18.2 Å². The molecule has 1 unspecified atom stereocenters. The maximum absolute atomic E-state index is 13.1. The van der Waals surface area contributed by atoms with Gasteiger partial charge in [0, 0.05) is 5.69 Å². The van der Waals surface area contributed by atoms with Crippen molar-refractivity contribution in [2.24, 2.45) is 0 Å². The summed E-state index contributed by atoms with van der Waals surface area (Å²) in [7, 11) is 0. The van der Waals surface area contributed by atoms with Crippen molar-refractivity contribution >= 4 is 23.2 Å². The van der Waals surface area contributed by atoms with E-state index >= 15 is 0 Å². The van der Waals surface area contributed by atoms with Crippen LogP contribution < -0.4 is 15.4 Å². The summed E-state index contributed by atoms with van der Waals surface area (Å²) in [4.78, 5) is 24.3. The molecule has 0 saturated heterocycles. The minimum Gasteiger partial charge on any atom is -0.478 e. The fraction of sp³-hybridized carbons (Fsp3) is 0.222. The molecule has 1 aliphatic heterocycles. The zero-order valence-corrected chi connectivity index (χ0v) is 13.4. The standard InChI is InChI=1S/C18H17FN2O3/c1-10-3-6-15-14(7-10)21-18(23)16(24-15)9-17(22)20-13-5-4-12(19)8-11(13)2/h3-8,16H,9H2,1-2H3,(H,20,22)(H,21,23). The number of hydrogen-bond donors (Lipinski definition) is 2. The van der Waals surface area contributed by atoms with Crippen LogP contribution in [0.4, 0.5) is 15.8 Å². The highest BCUT2D eigenvalue weighted by Gasteiger charge is 2.29. The highest BCUT2D eigenvalue weighted by Crippen LogP contribution is 2.31. The Morgan fingerprint density at radius 2 is 2.04 bits per heavy atom. The Morgan fingerprint density at radius 3 is 2.79 bits per heavy atom. The van der Waals surface area contributed by atoms with Crippen LogP contribution in [0.3, 0.4) is 0 Å². The molecule has 3 rings (SSSR count). The van der Waals surface area contributed by atoms with Crippen molar-refractivity contribution in [3.8, 4) is 5.75 Å². The molecule has 2 aromatic carbocycles. The van der Waals surface area contributed by atoms with Gasteiger partial charge in [-0.1, -0.05) is 6.07 Å². The van der Waals surface area contributed by atoms with Crippen molar-refractivity contribution in [3.63, 3.8) is 0 Å². The molecule has 2 aromatic rings. The molecule has 0 radical (unpaired) electrons. The number of benzene rings is 2. The van der Waals surface area contributed by atoms with Gasteiger partial charge in [0.2, 0.25) is 5.91 Å². The summed E-state index contributed by atoms with van der Waals surface area (Å²) in [5.41, 5.74) is 2.72. The Balaban J connectivity index is 1.68. The van der Waals surface area contributed by atoms with Gasteiger partial charge in [0.05, 0.1) is 12.1 Å². The molecule has 1 atom stereocenters. The van der Waals surface area contributed by atoms with E-state index in [4.69, 9.17) is 4.74 Å². The molecule has 1 aliphatic rings. The molecule has 0 aromatic heterocycles. The third-order valence-corrected chi connectivity index (χ3v) is 3.79. The number of anilines is 2. The van der Waals surface area contributed by atoms with Gasteiger partial charge in [0.15, 0.2) is 6.10 Å². The first-order valence-corrected chi connectivity index (χ1v) is 7.56. The van der Waals surface area contributed by atoms with Crippen LogP contribution in [-0.2, 0) is 9.59 Å². The Bertz CT molecular complexity index is 820. The number of aryl methyl sites for hydroxylation is 2. The molecule has 5 nitrogen and oxygen atoms in total. The lowest BCUT2D eigenvalue weighted by Crippen LogP contribution is -2.39. The number of rotatable bonds is 3. The molecule has 124 valence electrons. The quantitative estimate of drug-likeness (QED) is 0.909. The zero-order valence-electron chi connectivity index (χ0n) is 13.4. The predicted octanol–water partition coefficient (Wildman–Crippen LogP) is 3.17. The third-order valence-electron chi connectivity index (χ3n) is 3.79. The Kier molecular flexibility index (Phi) is 4.20. The number of fused-ring (bicyclic) bond motifs is 1. The third kappa shape index (κ3) is 3.37. The molecular formula is C18H17FN2O3. The van der Waals surface area contributed by atoms with Crippen molar-refractivity contribution in [2.75, 3.05) is 10.6 Å². The summed E-state index contributed by atoms with van der Waals surface area (Å²) < 4.78 is 18.7. The lowest BCUT2D eigenvalue weighted by Gasteiger charge is -2.25. The summed E-state index contributed by atoms with van der Waals surface area (Å²) in [5.74, 6) is -0.567. The molecule has 2 amide bonds. The van der Waals surface area contributed by atoms with Gasteiger partial charge in [-0.15, -0.1) is 0 Å². The van der Waals surface area contributed by atoms with Gasteiger partial charge in [0.25, 0.3) is 5.91 Å². The summed E-state index contributed by atoms with van der Waals surface area (Å²) in [6.45, 7) is 3.61. The number of amides is 2. The molecule has 2 N–H and O–H groups in total. The Morgan fingerprint density at radius 1 is 1.25 bits per heavy atom. The van der Waals surface area contributed by atoms with Gasteiger partial charge < -0.3 is 15.4 Å². The molecule has 0 bridgehead atoms. The lowest BCUT2D eigenvalue weighted by atomic mass is 10.1. The van der Waals surface area contributed by atoms with Gasteiger partial charge in [-0.25, -0.2) is 4.39 Å². The van der Waals surface area contributed by atoms with Crippen LogP contribution in [0.25, 0.3) is 0 Å². The van der Waals surface area contributed by atoms with Crippen LogP contribution in [0.5, 0.6) is 5.75 Å². The molecule has 6 heteroatoms. The normalized spacial score (nSPS) is 16.0. The van der Waals surface area contributed by atoms with E-state index in [0.29, 0.717) is 22.7 Å². The summed E-state index contributed by atoms with van der Waals surface area (Å²) >= 11 is 0. The van der Waals surface area contributed by atoms with E-state index in [9.17, 15) is 14.0 Å². The number of carbonyl (C=O) groups excluding carboxylic acids is 2. The van der Waals surface area contributed by atoms with Crippen LogP contribution >= 0.6 is 0 Å². The van der Waals surface area contributed by atoms with E-state index in [-0.39, 0.29) is 24.1 Å². The minimum absolute atomic E-state index is 0.129. The van der Waals surface area contributed by atoms with Crippen LogP contribution in [0.15, 0.2) is 36.4 Å². The first kappa shape index (κ1) is 16.0. The Hall–Kier alpha value is -2.89. The second-order valence-corrected chi connectivity index (χ2v) is 5.81. The summed E-state index contributed by atoms with van der Waals surface area (Å²) in [6.07, 6.45) is -1.03. The number of ether oxygens (including phenoxy) is 1. The van der Waals surface area contributed by atoms with E-state index in [2.05, 4.69) is 10.6 Å². The average molecular weight is 328 g/mol. The first-order chi connectivity index (χ1) is 11.4. The molecule has 24 heavy (non-hydrogen) atoms. The largest absolute Gasteiger partial charge is 0.478 e. The van der Waals surface area contributed by atoms with Gasteiger partial charge in [-0.05, 0) is 55.3 Å². The molecule has 0 fully saturated rings. The maximum atomic E-state index is 13.1. The van der Waals surface area contributed by atoms with Gasteiger partial charge in [0.1, 0.15) is 11.6 Å². The monoisotopic (exact) mass is 328 g/mol. The highest BCUT2D eigenvalue weighted by atomic mass is 19.1. The average Bonchev–Trinajstić information content (AvgIpc) is 2.51. The molecular weight excluding hydrogens is 311 g/mol. The van der Waals surface area contributed by atoms with Crippen LogP contribution in [0, 0.1) is 19.7 Å². The number of nitrogens with one attached hydrogen (secondary N) is 2. The van der Waals surface area contributed by atoms with Gasteiger partial charge >= 0.3 is 0 Å². The summed E-state index contributed by atoms with van der Waals surface area (Å²) in [6, 6.07) is 9.53. The van der Waals surface area contributed by atoms with Crippen molar-refractivity contribution in [1.82, 2.24) is 0 Å². The van der Waals surface area contributed by atoms with Crippen LogP contribution in [-0.4, -0.2) is 17.9 Å². The molecule has 0 saturated carbocycles. The van der Waals surface area contributed by atoms with Crippen molar-refractivity contribution in [2.45, 2.75) is 26.4 Å². The van der Waals surface area contributed by atoms with Gasteiger partial charge in [-0.2, -0.15) is 0 Å². The fourth-order valence-corrected chi connectivity index (χ4v) is 2.54. The Labute approximate surface area is 138 Å². The van der Waals surface area contributed by atoms with Crippen LogP contribution in [0.2, 0.25) is 0 Å². The number of hydrogen-bond acceptors (Lipinski definition) is 3.